The Bertz CT molecular complexity index is 687. The molecule has 0 radical (unpaired) electrons. The zero-order valence-electron chi connectivity index (χ0n) is 11.2. The maximum atomic E-state index is 13.2. The summed E-state index contributed by atoms with van der Waals surface area (Å²) in [7, 11) is 1.54. The number of thiocarbonyl (C=S) groups is 1. The summed E-state index contributed by atoms with van der Waals surface area (Å²) in [6.07, 6.45) is 0. The minimum atomic E-state index is -0.472. The number of amides is 1. The molecule has 2 rings (SSSR count). The maximum absolute atomic E-state index is 13.2. The van der Waals surface area contributed by atoms with Gasteiger partial charge in [0.25, 0.3) is 5.91 Å². The molecule has 0 bridgehead atoms. The Morgan fingerprint density at radius 2 is 1.90 bits per heavy atom. The van der Waals surface area contributed by atoms with Crippen LogP contribution in [0.5, 0.6) is 5.75 Å². The van der Waals surface area contributed by atoms with Gasteiger partial charge in [-0.15, -0.1) is 0 Å². The second-order valence-corrected chi connectivity index (χ2v) is 4.68. The average Bonchev–Trinajstić information content (AvgIpc) is 2.49. The number of carbonyl (C=O) groups excluding carboxylic acids is 1. The van der Waals surface area contributed by atoms with Gasteiger partial charge in [-0.05, 0) is 42.5 Å². The van der Waals surface area contributed by atoms with Crippen molar-refractivity contribution in [1.29, 1.82) is 0 Å². The van der Waals surface area contributed by atoms with E-state index in [2.05, 4.69) is 5.32 Å². The van der Waals surface area contributed by atoms with Crippen molar-refractivity contribution in [3.63, 3.8) is 0 Å². The molecule has 4 nitrogen and oxygen atoms in total. The van der Waals surface area contributed by atoms with Crippen LogP contribution in [-0.2, 0) is 0 Å². The Morgan fingerprint density at radius 1 is 1.24 bits per heavy atom. The van der Waals surface area contributed by atoms with E-state index >= 15 is 0 Å². The number of halogens is 1. The SMILES string of the molecule is COc1ccc(C(=O)Nc2ccc(F)cc2C(N)=S)cc1. The normalized spacial score (nSPS) is 10.0. The lowest BCUT2D eigenvalue weighted by atomic mass is 10.1. The van der Waals surface area contributed by atoms with E-state index in [0.717, 1.165) is 0 Å². The van der Waals surface area contributed by atoms with Crippen LogP contribution in [0.3, 0.4) is 0 Å². The van der Waals surface area contributed by atoms with Crippen molar-refractivity contribution >= 4 is 28.8 Å². The van der Waals surface area contributed by atoms with Crippen LogP contribution in [0, 0.1) is 5.82 Å². The molecule has 0 heterocycles. The first-order valence-corrected chi connectivity index (χ1v) is 6.47. The van der Waals surface area contributed by atoms with Crippen LogP contribution < -0.4 is 15.8 Å². The molecule has 3 N–H and O–H groups in total. The molecule has 2 aromatic rings. The van der Waals surface area contributed by atoms with Crippen LogP contribution in [0.4, 0.5) is 10.1 Å². The van der Waals surface area contributed by atoms with Gasteiger partial charge in [-0.2, -0.15) is 0 Å². The van der Waals surface area contributed by atoms with Crippen molar-refractivity contribution in [2.75, 3.05) is 12.4 Å². The number of nitrogens with one attached hydrogen (secondary N) is 1. The van der Waals surface area contributed by atoms with Gasteiger partial charge in [-0.25, -0.2) is 4.39 Å². The van der Waals surface area contributed by atoms with Crippen molar-refractivity contribution in [3.8, 4) is 5.75 Å². The second-order valence-electron chi connectivity index (χ2n) is 4.24. The van der Waals surface area contributed by atoms with Gasteiger partial charge >= 0.3 is 0 Å². The van der Waals surface area contributed by atoms with Gasteiger partial charge in [-0.1, -0.05) is 12.2 Å². The van der Waals surface area contributed by atoms with Crippen LogP contribution in [-0.4, -0.2) is 18.0 Å². The van der Waals surface area contributed by atoms with E-state index in [1.807, 2.05) is 0 Å². The molecule has 0 aliphatic rings. The van der Waals surface area contributed by atoms with Gasteiger partial charge in [0, 0.05) is 11.1 Å². The van der Waals surface area contributed by atoms with Crippen molar-refractivity contribution in [1.82, 2.24) is 0 Å². The summed E-state index contributed by atoms with van der Waals surface area (Å²) < 4.78 is 18.2. The summed E-state index contributed by atoms with van der Waals surface area (Å²) >= 11 is 4.85. The van der Waals surface area contributed by atoms with Gasteiger partial charge in [0.05, 0.1) is 12.8 Å². The minimum Gasteiger partial charge on any atom is -0.497 e. The van der Waals surface area contributed by atoms with Crippen LogP contribution in [0.15, 0.2) is 42.5 Å². The lowest BCUT2D eigenvalue weighted by molar-refractivity contribution is 0.102. The van der Waals surface area contributed by atoms with Gasteiger partial charge in [-0.3, -0.25) is 4.79 Å². The van der Waals surface area contributed by atoms with Gasteiger partial charge in [0.1, 0.15) is 16.6 Å². The predicted molar refractivity (Wildman–Crippen MR) is 83.2 cm³/mol. The van der Waals surface area contributed by atoms with Crippen LogP contribution in [0.1, 0.15) is 15.9 Å². The lowest BCUT2D eigenvalue weighted by Gasteiger charge is -2.10. The molecule has 108 valence electrons. The summed E-state index contributed by atoms with van der Waals surface area (Å²) in [6.45, 7) is 0. The van der Waals surface area contributed by atoms with Crippen LogP contribution in [0.25, 0.3) is 0 Å². The average molecular weight is 304 g/mol. The smallest absolute Gasteiger partial charge is 0.255 e. The topological polar surface area (TPSA) is 64.3 Å². The number of methoxy groups -OCH3 is 1. The second kappa shape index (κ2) is 6.32. The number of ether oxygens (including phenoxy) is 1. The molecule has 0 spiro atoms. The molecule has 2 aromatic carbocycles. The summed E-state index contributed by atoms with van der Waals surface area (Å²) in [5.41, 5.74) is 6.62. The maximum Gasteiger partial charge on any atom is 0.255 e. The number of carbonyl (C=O) groups is 1. The molecule has 0 saturated heterocycles. The van der Waals surface area contributed by atoms with E-state index in [4.69, 9.17) is 22.7 Å². The zero-order valence-corrected chi connectivity index (χ0v) is 12.0. The molecule has 6 heteroatoms. The molecule has 0 atom stereocenters. The number of benzene rings is 2. The quantitative estimate of drug-likeness (QED) is 0.853. The van der Waals surface area contributed by atoms with E-state index in [1.165, 1.54) is 18.2 Å². The Kier molecular flexibility index (Phi) is 4.49. The first-order chi connectivity index (χ1) is 10.0. The molecule has 0 aliphatic carbocycles. The van der Waals surface area contributed by atoms with E-state index in [1.54, 1.807) is 31.4 Å². The van der Waals surface area contributed by atoms with Crippen molar-refractivity contribution in [3.05, 3.63) is 59.4 Å². The monoisotopic (exact) mass is 304 g/mol. The van der Waals surface area contributed by atoms with Crippen molar-refractivity contribution in [2.24, 2.45) is 5.73 Å². The highest BCUT2D eigenvalue weighted by Crippen LogP contribution is 2.19. The molecular formula is C15H13FN2O2S. The van der Waals surface area contributed by atoms with E-state index < -0.39 is 5.82 Å². The molecule has 0 aromatic heterocycles. The number of rotatable bonds is 4. The summed E-state index contributed by atoms with van der Waals surface area (Å²) in [5.74, 6) is -0.167. The third-order valence-corrected chi connectivity index (χ3v) is 3.07. The third-order valence-electron chi connectivity index (χ3n) is 2.85. The minimum absolute atomic E-state index is 0.0135. The fourth-order valence-corrected chi connectivity index (χ4v) is 1.94. The molecular weight excluding hydrogens is 291 g/mol. The fraction of sp³-hybridized carbons (Fsp3) is 0.0667. The molecule has 1 amide bonds. The molecule has 21 heavy (non-hydrogen) atoms. The van der Waals surface area contributed by atoms with Crippen molar-refractivity contribution in [2.45, 2.75) is 0 Å². The molecule has 0 saturated carbocycles. The first-order valence-electron chi connectivity index (χ1n) is 6.06. The van der Waals surface area contributed by atoms with Gasteiger partial charge in [0.2, 0.25) is 0 Å². The number of nitrogens with two attached hydrogens (primary N) is 1. The van der Waals surface area contributed by atoms with Crippen molar-refractivity contribution < 1.29 is 13.9 Å². The van der Waals surface area contributed by atoms with Gasteiger partial charge < -0.3 is 15.8 Å². The van der Waals surface area contributed by atoms with Crippen LogP contribution in [0.2, 0.25) is 0 Å². The Hall–Kier alpha value is -2.47. The summed E-state index contributed by atoms with van der Waals surface area (Å²) in [6, 6.07) is 10.4. The predicted octanol–water partition coefficient (Wildman–Crippen LogP) is 2.72. The number of hydrogen-bond acceptors (Lipinski definition) is 3. The Labute approximate surface area is 126 Å². The Balaban J connectivity index is 2.24. The summed E-state index contributed by atoms with van der Waals surface area (Å²) in [5, 5.41) is 2.66. The molecule has 0 aliphatic heterocycles. The highest BCUT2D eigenvalue weighted by atomic mass is 32.1. The lowest BCUT2D eigenvalue weighted by Crippen LogP contribution is -2.17. The first kappa shape index (κ1) is 14.9. The fourth-order valence-electron chi connectivity index (χ4n) is 1.77. The number of anilines is 1. The molecule has 0 fully saturated rings. The highest BCUT2D eigenvalue weighted by Gasteiger charge is 2.11. The largest absolute Gasteiger partial charge is 0.497 e. The zero-order chi connectivity index (χ0) is 15.4. The highest BCUT2D eigenvalue weighted by molar-refractivity contribution is 7.80. The van der Waals surface area contributed by atoms with E-state index in [0.29, 0.717) is 17.0 Å². The molecule has 0 unspecified atom stereocenters. The summed E-state index contributed by atoms with van der Waals surface area (Å²) in [4.78, 5) is 12.2. The number of hydrogen-bond donors (Lipinski definition) is 2. The van der Waals surface area contributed by atoms with Crippen LogP contribution >= 0.6 is 12.2 Å². The standard InChI is InChI=1S/C15H13FN2O2S/c1-20-11-5-2-9(3-6-11)15(19)18-13-7-4-10(16)8-12(13)14(17)21/h2-8H,1H3,(H2,17,21)(H,18,19). The van der Waals surface area contributed by atoms with Gasteiger partial charge in [0.15, 0.2) is 0 Å². The third kappa shape index (κ3) is 3.55. The van der Waals surface area contributed by atoms with E-state index in [-0.39, 0.29) is 16.5 Å². The van der Waals surface area contributed by atoms with E-state index in [9.17, 15) is 9.18 Å². The Morgan fingerprint density at radius 3 is 2.48 bits per heavy atom.